The van der Waals surface area contributed by atoms with E-state index < -0.39 is 0 Å². The molecule has 86 valence electrons. The van der Waals surface area contributed by atoms with Gasteiger partial charge >= 0.3 is 0 Å². The van der Waals surface area contributed by atoms with E-state index in [1.165, 1.54) is 21.7 Å². The SMILES string of the molecule is C[NH+]1c2cc(N)ccc2C=C2C=CC(N)=CC21. The first-order valence-electron chi connectivity index (χ1n) is 5.75. The fourth-order valence-electron chi connectivity index (χ4n) is 2.54. The lowest BCUT2D eigenvalue weighted by molar-refractivity contribution is -0.825. The lowest BCUT2D eigenvalue weighted by atomic mass is 9.92. The lowest BCUT2D eigenvalue weighted by Crippen LogP contribution is -3.09. The summed E-state index contributed by atoms with van der Waals surface area (Å²) in [6.07, 6.45) is 8.37. The molecule has 1 heterocycles. The van der Waals surface area contributed by atoms with Crippen LogP contribution in [0.25, 0.3) is 6.08 Å². The van der Waals surface area contributed by atoms with Gasteiger partial charge in [-0.1, -0.05) is 6.08 Å². The Morgan fingerprint density at radius 2 is 2.00 bits per heavy atom. The van der Waals surface area contributed by atoms with Gasteiger partial charge in [-0.25, -0.2) is 0 Å². The smallest absolute Gasteiger partial charge is 0.141 e. The average molecular weight is 226 g/mol. The maximum atomic E-state index is 5.86. The molecule has 0 saturated heterocycles. The summed E-state index contributed by atoms with van der Waals surface area (Å²) in [4.78, 5) is 1.32. The largest absolute Gasteiger partial charge is 0.399 e. The summed E-state index contributed by atoms with van der Waals surface area (Å²) >= 11 is 0. The Balaban J connectivity index is 2.16. The second kappa shape index (κ2) is 3.50. The number of nitrogens with two attached hydrogens (primary N) is 2. The summed E-state index contributed by atoms with van der Waals surface area (Å²) in [6.45, 7) is 0. The number of nitrogen functional groups attached to an aromatic ring is 1. The zero-order valence-electron chi connectivity index (χ0n) is 9.77. The van der Waals surface area contributed by atoms with Crippen LogP contribution in [0, 0.1) is 0 Å². The second-order valence-corrected chi connectivity index (χ2v) is 4.65. The number of fused-ring (bicyclic) bond motifs is 2. The van der Waals surface area contributed by atoms with E-state index >= 15 is 0 Å². The Morgan fingerprint density at radius 1 is 1.18 bits per heavy atom. The Kier molecular flexibility index (Phi) is 2.09. The maximum absolute atomic E-state index is 5.86. The van der Waals surface area contributed by atoms with E-state index in [1.807, 2.05) is 18.2 Å². The van der Waals surface area contributed by atoms with E-state index in [2.05, 4.69) is 31.3 Å². The normalized spacial score (nSPS) is 25.7. The Morgan fingerprint density at radius 3 is 2.82 bits per heavy atom. The van der Waals surface area contributed by atoms with Crippen molar-refractivity contribution in [3.8, 4) is 0 Å². The van der Waals surface area contributed by atoms with E-state index in [0.29, 0.717) is 6.04 Å². The highest BCUT2D eigenvalue weighted by molar-refractivity contribution is 5.71. The summed E-state index contributed by atoms with van der Waals surface area (Å²) in [6, 6.07) is 6.36. The molecule has 2 unspecified atom stereocenters. The standard InChI is InChI=1S/C14H15N3/c1-17-13-7-11(15)4-2-9(13)6-10-3-5-12(16)8-14(10)17/h2-8,13H,15-16H2,1H3/p+1. The first kappa shape index (κ1) is 10.2. The van der Waals surface area contributed by atoms with Crippen LogP contribution >= 0.6 is 0 Å². The van der Waals surface area contributed by atoms with Crippen molar-refractivity contribution in [1.82, 2.24) is 0 Å². The van der Waals surface area contributed by atoms with Crippen molar-refractivity contribution < 1.29 is 4.90 Å². The third-order valence-corrected chi connectivity index (χ3v) is 3.48. The molecule has 3 heteroatoms. The van der Waals surface area contributed by atoms with Gasteiger partial charge in [-0.3, -0.25) is 4.90 Å². The van der Waals surface area contributed by atoms with Gasteiger partial charge < -0.3 is 11.5 Å². The van der Waals surface area contributed by atoms with Gasteiger partial charge in [0, 0.05) is 34.7 Å². The van der Waals surface area contributed by atoms with Crippen molar-refractivity contribution in [3.63, 3.8) is 0 Å². The molecule has 1 aliphatic heterocycles. The van der Waals surface area contributed by atoms with Crippen molar-refractivity contribution >= 4 is 17.5 Å². The zero-order chi connectivity index (χ0) is 12.0. The number of nitrogens with one attached hydrogen (secondary N) is 1. The maximum Gasteiger partial charge on any atom is 0.141 e. The lowest BCUT2D eigenvalue weighted by Gasteiger charge is -2.30. The van der Waals surface area contributed by atoms with E-state index in [1.54, 1.807) is 0 Å². The van der Waals surface area contributed by atoms with E-state index in [-0.39, 0.29) is 0 Å². The minimum Gasteiger partial charge on any atom is -0.399 e. The molecule has 0 spiro atoms. The van der Waals surface area contributed by atoms with E-state index in [9.17, 15) is 0 Å². The Hall–Kier alpha value is -2.00. The summed E-state index contributed by atoms with van der Waals surface area (Å²) in [5.74, 6) is 0. The molecule has 2 aliphatic rings. The second-order valence-electron chi connectivity index (χ2n) is 4.65. The molecule has 1 aromatic rings. The highest BCUT2D eigenvalue weighted by atomic mass is 15.1. The van der Waals surface area contributed by atoms with Gasteiger partial charge in [0.15, 0.2) is 0 Å². The average Bonchev–Trinajstić information content (AvgIpc) is 2.32. The van der Waals surface area contributed by atoms with Gasteiger partial charge in [0.2, 0.25) is 0 Å². The predicted molar refractivity (Wildman–Crippen MR) is 70.6 cm³/mol. The van der Waals surface area contributed by atoms with Gasteiger partial charge in [0.05, 0.1) is 7.05 Å². The third kappa shape index (κ3) is 1.56. The summed E-state index contributed by atoms with van der Waals surface area (Å²) < 4.78 is 0. The van der Waals surface area contributed by atoms with Gasteiger partial charge in [-0.05, 0) is 24.3 Å². The number of benzene rings is 1. The van der Waals surface area contributed by atoms with Gasteiger partial charge in [-0.15, -0.1) is 0 Å². The molecule has 0 bridgehead atoms. The number of allylic oxidation sites excluding steroid dienone is 1. The molecule has 17 heavy (non-hydrogen) atoms. The highest BCUT2D eigenvalue weighted by Crippen LogP contribution is 2.26. The number of rotatable bonds is 0. The number of hydrogen-bond acceptors (Lipinski definition) is 2. The minimum atomic E-state index is 0.300. The van der Waals surface area contributed by atoms with Crippen LogP contribution < -0.4 is 16.4 Å². The van der Waals surface area contributed by atoms with Crippen molar-refractivity contribution in [2.45, 2.75) is 6.04 Å². The van der Waals surface area contributed by atoms with Crippen LogP contribution in [0.5, 0.6) is 0 Å². The van der Waals surface area contributed by atoms with Crippen molar-refractivity contribution in [2.24, 2.45) is 5.73 Å². The molecular formula is C14H16N3+. The number of hydrogen-bond donors (Lipinski definition) is 3. The Bertz CT molecular complexity index is 567. The van der Waals surface area contributed by atoms with Gasteiger partial charge in [-0.2, -0.15) is 0 Å². The number of likely N-dealkylation sites (N-methyl/N-ethyl adjacent to an activating group) is 1. The highest BCUT2D eigenvalue weighted by Gasteiger charge is 2.29. The molecule has 0 saturated carbocycles. The number of quaternary nitrogens is 1. The van der Waals surface area contributed by atoms with Crippen molar-refractivity contribution in [3.05, 3.63) is 53.3 Å². The van der Waals surface area contributed by atoms with Crippen LogP contribution in [0.15, 0.2) is 47.7 Å². The summed E-state index contributed by atoms with van der Waals surface area (Å²) in [5, 5.41) is 0. The molecule has 1 aliphatic carbocycles. The first-order valence-corrected chi connectivity index (χ1v) is 5.75. The molecule has 1 aromatic carbocycles. The van der Waals surface area contributed by atoms with Crippen LogP contribution in [-0.4, -0.2) is 13.1 Å². The zero-order valence-corrected chi connectivity index (χ0v) is 9.77. The van der Waals surface area contributed by atoms with Crippen LogP contribution in [-0.2, 0) is 0 Å². The van der Waals surface area contributed by atoms with Crippen LogP contribution in [0.1, 0.15) is 5.56 Å². The molecule has 0 radical (unpaired) electrons. The van der Waals surface area contributed by atoms with E-state index in [0.717, 1.165) is 11.4 Å². The monoisotopic (exact) mass is 226 g/mol. The number of anilines is 1. The quantitative estimate of drug-likeness (QED) is 0.567. The van der Waals surface area contributed by atoms with Crippen LogP contribution in [0.3, 0.4) is 0 Å². The van der Waals surface area contributed by atoms with Gasteiger partial charge in [0.25, 0.3) is 0 Å². The van der Waals surface area contributed by atoms with Crippen molar-refractivity contribution in [2.75, 3.05) is 12.8 Å². The summed E-state index contributed by atoms with van der Waals surface area (Å²) in [7, 11) is 2.15. The Labute approximate surface area is 101 Å². The molecule has 3 rings (SSSR count). The molecule has 0 fully saturated rings. The molecule has 2 atom stereocenters. The van der Waals surface area contributed by atoms with Crippen molar-refractivity contribution in [1.29, 1.82) is 0 Å². The molecule has 0 aromatic heterocycles. The molecule has 0 amide bonds. The molecule has 3 nitrogen and oxygen atoms in total. The fraction of sp³-hybridized carbons (Fsp3) is 0.143. The van der Waals surface area contributed by atoms with Crippen LogP contribution in [0.4, 0.5) is 11.4 Å². The topological polar surface area (TPSA) is 56.5 Å². The summed E-state index contributed by atoms with van der Waals surface area (Å²) in [5.41, 5.74) is 17.1. The minimum absolute atomic E-state index is 0.300. The van der Waals surface area contributed by atoms with Gasteiger partial charge in [0.1, 0.15) is 11.7 Å². The fourth-order valence-corrected chi connectivity index (χ4v) is 2.54. The first-order chi connectivity index (χ1) is 8.15. The molecule has 5 N–H and O–H groups in total. The predicted octanol–water partition coefficient (Wildman–Crippen LogP) is 0.593. The van der Waals surface area contributed by atoms with E-state index in [4.69, 9.17) is 11.5 Å². The third-order valence-electron chi connectivity index (χ3n) is 3.48. The van der Waals surface area contributed by atoms with Crippen LogP contribution in [0.2, 0.25) is 0 Å². The molecular weight excluding hydrogens is 210 g/mol.